The Hall–Kier alpha value is -0.875. The number of nitrogens with one attached hydrogen (secondary N) is 1. The fraction of sp³-hybridized carbons (Fsp3) is 0.600. The van der Waals surface area contributed by atoms with Gasteiger partial charge in [0.25, 0.3) is 0 Å². The van der Waals surface area contributed by atoms with Crippen molar-refractivity contribution in [2.45, 2.75) is 50.4 Å². The molecule has 3 rings (SSSR count). The van der Waals surface area contributed by atoms with Crippen molar-refractivity contribution >= 4 is 7.12 Å². The molecule has 1 saturated carbocycles. The van der Waals surface area contributed by atoms with Crippen molar-refractivity contribution in [3.8, 4) is 0 Å². The van der Waals surface area contributed by atoms with Crippen molar-refractivity contribution < 1.29 is 14.8 Å². The molecule has 5 heteroatoms. The first-order valence-corrected chi connectivity index (χ1v) is 7.50. The molecule has 20 heavy (non-hydrogen) atoms. The Balaban J connectivity index is 1.49. The molecule has 1 aliphatic heterocycles. The van der Waals surface area contributed by atoms with Crippen molar-refractivity contribution in [1.82, 2.24) is 5.32 Å². The van der Waals surface area contributed by atoms with Crippen LogP contribution in [0.4, 0.5) is 0 Å². The molecule has 0 amide bonds. The molecule has 1 aromatic rings. The highest BCUT2D eigenvalue weighted by Crippen LogP contribution is 2.35. The summed E-state index contributed by atoms with van der Waals surface area (Å²) in [5.74, 6) is 0.399. The molecule has 0 spiro atoms. The molecule has 4 nitrogen and oxygen atoms in total. The second-order valence-corrected chi connectivity index (χ2v) is 6.02. The van der Waals surface area contributed by atoms with Crippen LogP contribution in [-0.2, 0) is 11.3 Å². The molecule has 2 fully saturated rings. The van der Waals surface area contributed by atoms with Gasteiger partial charge in [-0.05, 0) is 37.2 Å². The van der Waals surface area contributed by atoms with Gasteiger partial charge in [0, 0.05) is 12.0 Å². The minimum Gasteiger partial charge on any atom is -0.426 e. The monoisotopic (exact) mass is 275 g/mol. The summed E-state index contributed by atoms with van der Waals surface area (Å²) in [7, 11) is -1.25. The van der Waals surface area contributed by atoms with E-state index in [1.165, 1.54) is 5.56 Å². The van der Waals surface area contributed by atoms with Crippen LogP contribution in [0.1, 0.15) is 31.2 Å². The van der Waals surface area contributed by atoms with Gasteiger partial charge in [-0.25, -0.2) is 0 Å². The summed E-state index contributed by atoms with van der Waals surface area (Å²) in [6.45, 7) is 0.662. The van der Waals surface area contributed by atoms with Crippen LogP contribution in [-0.4, -0.2) is 35.3 Å². The predicted molar refractivity (Wildman–Crippen MR) is 77.9 cm³/mol. The van der Waals surface area contributed by atoms with Crippen LogP contribution in [0, 0.1) is 5.92 Å². The molecular weight excluding hydrogens is 253 g/mol. The Bertz CT molecular complexity index is 428. The minimum atomic E-state index is -1.25. The van der Waals surface area contributed by atoms with Gasteiger partial charge in [0.1, 0.15) is 0 Å². The summed E-state index contributed by atoms with van der Waals surface area (Å²) >= 11 is 0. The van der Waals surface area contributed by atoms with E-state index in [1.807, 2.05) is 18.2 Å². The maximum atomic E-state index is 9.28. The molecule has 108 valence electrons. The lowest BCUT2D eigenvalue weighted by molar-refractivity contribution is 0.00194. The summed E-state index contributed by atoms with van der Waals surface area (Å²) < 4.78 is 6.01. The molecule has 0 aromatic heterocycles. The highest BCUT2D eigenvalue weighted by atomic mass is 16.5. The first kappa shape index (κ1) is 14.1. The van der Waals surface area contributed by atoms with Gasteiger partial charge < -0.3 is 20.1 Å². The Kier molecular flexibility index (Phi) is 4.41. The number of hydrogen-bond acceptors (Lipinski definition) is 4. The molecule has 0 radical (unpaired) electrons. The third-order valence-corrected chi connectivity index (χ3v) is 4.62. The highest BCUT2D eigenvalue weighted by Gasteiger charge is 2.42. The van der Waals surface area contributed by atoms with Gasteiger partial charge in [0.2, 0.25) is 0 Å². The van der Waals surface area contributed by atoms with Gasteiger partial charge in [-0.15, -0.1) is 0 Å². The van der Waals surface area contributed by atoms with E-state index in [4.69, 9.17) is 4.74 Å². The second-order valence-electron chi connectivity index (χ2n) is 6.02. The average Bonchev–Trinajstić information content (AvgIpc) is 2.89. The smallest absolute Gasteiger partial charge is 0.426 e. The molecule has 4 atom stereocenters. The SMILES string of the molecule is OB(O)C1CC2CCC(OCc3ccccc3)CC2N1. The Labute approximate surface area is 120 Å². The maximum Gasteiger partial charge on any atom is 0.469 e. The second kappa shape index (κ2) is 6.27. The summed E-state index contributed by atoms with van der Waals surface area (Å²) in [4.78, 5) is 0. The topological polar surface area (TPSA) is 61.7 Å². The number of hydrogen-bond donors (Lipinski definition) is 3. The van der Waals surface area contributed by atoms with Crippen LogP contribution < -0.4 is 5.32 Å². The van der Waals surface area contributed by atoms with Gasteiger partial charge in [-0.1, -0.05) is 30.3 Å². The predicted octanol–water partition coefficient (Wildman–Crippen LogP) is 1.11. The van der Waals surface area contributed by atoms with Gasteiger partial charge in [0.05, 0.1) is 12.7 Å². The van der Waals surface area contributed by atoms with Crippen LogP contribution >= 0.6 is 0 Å². The van der Waals surface area contributed by atoms with E-state index in [1.54, 1.807) is 0 Å². The normalized spacial score (nSPS) is 32.9. The average molecular weight is 275 g/mol. The molecule has 1 heterocycles. The van der Waals surface area contributed by atoms with Crippen molar-refractivity contribution in [2.24, 2.45) is 5.92 Å². The molecule has 4 unspecified atom stereocenters. The Morgan fingerprint density at radius 1 is 1.15 bits per heavy atom. The minimum absolute atomic E-state index is 0.169. The largest absolute Gasteiger partial charge is 0.469 e. The van der Waals surface area contributed by atoms with Gasteiger partial charge in [-0.3, -0.25) is 0 Å². The van der Waals surface area contributed by atoms with Crippen LogP contribution in [0.5, 0.6) is 0 Å². The van der Waals surface area contributed by atoms with Gasteiger partial charge >= 0.3 is 7.12 Å². The maximum absolute atomic E-state index is 9.28. The quantitative estimate of drug-likeness (QED) is 0.720. The number of rotatable bonds is 4. The van der Waals surface area contributed by atoms with Crippen molar-refractivity contribution in [3.05, 3.63) is 35.9 Å². The van der Waals surface area contributed by atoms with E-state index in [0.717, 1.165) is 25.7 Å². The zero-order valence-corrected chi connectivity index (χ0v) is 11.6. The zero-order chi connectivity index (χ0) is 13.9. The summed E-state index contributed by atoms with van der Waals surface area (Å²) in [5, 5.41) is 21.9. The molecular formula is C15H22BNO3. The summed E-state index contributed by atoms with van der Waals surface area (Å²) in [5.41, 5.74) is 1.21. The van der Waals surface area contributed by atoms with E-state index < -0.39 is 7.12 Å². The first-order chi connectivity index (χ1) is 9.72. The number of fused-ring (bicyclic) bond motifs is 1. The number of ether oxygens (including phenoxy) is 1. The van der Waals surface area contributed by atoms with Crippen LogP contribution in [0.25, 0.3) is 0 Å². The van der Waals surface area contributed by atoms with Crippen LogP contribution in [0.2, 0.25) is 0 Å². The van der Waals surface area contributed by atoms with E-state index in [2.05, 4.69) is 17.4 Å². The lowest BCUT2D eigenvalue weighted by Gasteiger charge is -2.31. The summed E-state index contributed by atoms with van der Waals surface area (Å²) in [6, 6.07) is 10.6. The van der Waals surface area contributed by atoms with Gasteiger partial charge in [0.15, 0.2) is 0 Å². The Morgan fingerprint density at radius 2 is 1.95 bits per heavy atom. The van der Waals surface area contributed by atoms with Crippen molar-refractivity contribution in [3.63, 3.8) is 0 Å². The van der Waals surface area contributed by atoms with E-state index in [0.29, 0.717) is 18.6 Å². The van der Waals surface area contributed by atoms with E-state index >= 15 is 0 Å². The van der Waals surface area contributed by atoms with Gasteiger partial charge in [-0.2, -0.15) is 0 Å². The molecule has 2 aliphatic rings. The molecule has 3 N–H and O–H groups in total. The fourth-order valence-electron chi connectivity index (χ4n) is 3.50. The zero-order valence-electron chi connectivity index (χ0n) is 11.6. The van der Waals surface area contributed by atoms with Crippen molar-refractivity contribution in [1.29, 1.82) is 0 Å². The molecule has 1 saturated heterocycles. The van der Waals surface area contributed by atoms with Crippen molar-refractivity contribution in [2.75, 3.05) is 0 Å². The van der Waals surface area contributed by atoms with E-state index in [9.17, 15) is 10.0 Å². The van der Waals surface area contributed by atoms with Crippen LogP contribution in [0.15, 0.2) is 30.3 Å². The number of benzene rings is 1. The standard InChI is InChI=1S/C15H22BNO3/c18-16(19)15-8-12-6-7-13(9-14(12)17-15)20-10-11-4-2-1-3-5-11/h1-5,12-15,17-19H,6-10H2. The summed E-state index contributed by atoms with van der Waals surface area (Å²) in [6.07, 6.45) is 4.30. The molecule has 1 aromatic carbocycles. The van der Waals surface area contributed by atoms with E-state index in [-0.39, 0.29) is 12.0 Å². The molecule has 0 bridgehead atoms. The first-order valence-electron chi connectivity index (χ1n) is 7.50. The lowest BCUT2D eigenvalue weighted by Crippen LogP contribution is -2.44. The third-order valence-electron chi connectivity index (χ3n) is 4.62. The highest BCUT2D eigenvalue weighted by molar-refractivity contribution is 6.43. The lowest BCUT2D eigenvalue weighted by atomic mass is 9.75. The van der Waals surface area contributed by atoms with Crippen LogP contribution in [0.3, 0.4) is 0 Å². The Morgan fingerprint density at radius 3 is 2.70 bits per heavy atom. The fourth-order valence-corrected chi connectivity index (χ4v) is 3.50. The molecule has 1 aliphatic carbocycles. The third kappa shape index (κ3) is 3.23.